The van der Waals surface area contributed by atoms with E-state index in [4.69, 9.17) is 4.52 Å². The van der Waals surface area contributed by atoms with E-state index in [1.165, 1.54) is 23.5 Å². The van der Waals surface area contributed by atoms with Crippen LogP contribution in [0.5, 0.6) is 0 Å². The standard InChI is InChI=1S/C17H16FN3O2S/c1-21(16(22)9-6-12-4-7-13(18)8-5-12)11-15-19-17(20-23-15)14-3-2-10-24-14/h2-5,7-8,10H,6,9,11H2,1H3. The first kappa shape index (κ1) is 16.3. The van der Waals surface area contributed by atoms with Crippen LogP contribution in [0.4, 0.5) is 4.39 Å². The van der Waals surface area contributed by atoms with Gasteiger partial charge >= 0.3 is 0 Å². The minimum atomic E-state index is -0.278. The summed E-state index contributed by atoms with van der Waals surface area (Å²) in [5, 5.41) is 5.86. The topological polar surface area (TPSA) is 59.2 Å². The van der Waals surface area contributed by atoms with Crippen LogP contribution in [0.25, 0.3) is 10.7 Å². The van der Waals surface area contributed by atoms with Crippen molar-refractivity contribution < 1.29 is 13.7 Å². The summed E-state index contributed by atoms with van der Waals surface area (Å²) in [4.78, 5) is 19.0. The van der Waals surface area contributed by atoms with Crippen LogP contribution in [-0.4, -0.2) is 28.0 Å². The molecular weight excluding hydrogens is 329 g/mol. The number of aryl methyl sites for hydroxylation is 1. The summed E-state index contributed by atoms with van der Waals surface area (Å²) in [6.45, 7) is 0.265. The molecule has 3 rings (SSSR count). The van der Waals surface area contributed by atoms with Crippen LogP contribution in [0.15, 0.2) is 46.3 Å². The Hall–Kier alpha value is -2.54. The van der Waals surface area contributed by atoms with Crippen LogP contribution >= 0.6 is 11.3 Å². The molecule has 1 amide bonds. The lowest BCUT2D eigenvalue weighted by Crippen LogP contribution is -2.26. The maximum absolute atomic E-state index is 12.9. The van der Waals surface area contributed by atoms with Gasteiger partial charge in [-0.1, -0.05) is 23.4 Å². The lowest BCUT2D eigenvalue weighted by molar-refractivity contribution is -0.130. The van der Waals surface area contributed by atoms with Crippen molar-refractivity contribution in [1.29, 1.82) is 0 Å². The van der Waals surface area contributed by atoms with E-state index in [-0.39, 0.29) is 18.3 Å². The zero-order valence-corrected chi connectivity index (χ0v) is 13.9. The van der Waals surface area contributed by atoms with Crippen LogP contribution in [-0.2, 0) is 17.8 Å². The first-order chi connectivity index (χ1) is 11.6. The van der Waals surface area contributed by atoms with E-state index in [2.05, 4.69) is 10.1 Å². The third-order valence-electron chi connectivity index (χ3n) is 3.55. The summed E-state index contributed by atoms with van der Waals surface area (Å²) in [6.07, 6.45) is 0.905. The molecular formula is C17H16FN3O2S. The van der Waals surface area contributed by atoms with Crippen LogP contribution in [0.1, 0.15) is 17.9 Å². The summed E-state index contributed by atoms with van der Waals surface area (Å²) in [5.74, 6) is 0.624. The molecule has 0 aliphatic carbocycles. The number of hydrogen-bond donors (Lipinski definition) is 0. The Morgan fingerprint density at radius 2 is 2.08 bits per heavy atom. The van der Waals surface area contributed by atoms with Gasteiger partial charge in [0.25, 0.3) is 0 Å². The van der Waals surface area contributed by atoms with Gasteiger partial charge < -0.3 is 9.42 Å². The lowest BCUT2D eigenvalue weighted by atomic mass is 10.1. The minimum absolute atomic E-state index is 0.0322. The van der Waals surface area contributed by atoms with E-state index in [1.54, 1.807) is 24.1 Å². The molecule has 0 saturated carbocycles. The highest BCUT2D eigenvalue weighted by atomic mass is 32.1. The number of halogens is 1. The van der Waals surface area contributed by atoms with Gasteiger partial charge in [-0.2, -0.15) is 4.98 Å². The summed E-state index contributed by atoms with van der Waals surface area (Å²) in [6, 6.07) is 10.0. The Balaban J connectivity index is 1.53. The number of hydrogen-bond acceptors (Lipinski definition) is 5. The maximum atomic E-state index is 12.9. The quantitative estimate of drug-likeness (QED) is 0.686. The molecule has 0 N–H and O–H groups in total. The van der Waals surface area contributed by atoms with Crippen molar-refractivity contribution in [2.75, 3.05) is 7.05 Å². The third kappa shape index (κ3) is 4.05. The fourth-order valence-electron chi connectivity index (χ4n) is 2.21. The van der Waals surface area contributed by atoms with Crippen molar-refractivity contribution in [3.63, 3.8) is 0 Å². The molecule has 0 radical (unpaired) electrons. The summed E-state index contributed by atoms with van der Waals surface area (Å²) in [5.41, 5.74) is 0.927. The van der Waals surface area contributed by atoms with Crippen molar-refractivity contribution in [1.82, 2.24) is 15.0 Å². The van der Waals surface area contributed by atoms with E-state index < -0.39 is 0 Å². The number of nitrogens with zero attached hydrogens (tertiary/aromatic N) is 3. The molecule has 3 aromatic rings. The first-order valence-corrected chi connectivity index (χ1v) is 8.34. The number of rotatable bonds is 6. The van der Waals surface area contributed by atoms with Crippen LogP contribution in [0.3, 0.4) is 0 Å². The summed E-state index contributed by atoms with van der Waals surface area (Å²) in [7, 11) is 1.70. The molecule has 5 nitrogen and oxygen atoms in total. The second kappa shape index (κ2) is 7.35. The second-order valence-electron chi connectivity index (χ2n) is 5.37. The van der Waals surface area contributed by atoms with E-state index in [9.17, 15) is 9.18 Å². The van der Waals surface area contributed by atoms with Gasteiger partial charge in [-0.05, 0) is 35.6 Å². The monoisotopic (exact) mass is 345 g/mol. The van der Waals surface area contributed by atoms with Crippen molar-refractivity contribution in [3.05, 3.63) is 59.0 Å². The van der Waals surface area contributed by atoms with Crippen molar-refractivity contribution in [2.24, 2.45) is 0 Å². The predicted octanol–water partition coefficient (Wildman–Crippen LogP) is 3.53. The molecule has 0 saturated heterocycles. The second-order valence-corrected chi connectivity index (χ2v) is 6.31. The van der Waals surface area contributed by atoms with Crippen LogP contribution in [0, 0.1) is 5.82 Å². The predicted molar refractivity (Wildman–Crippen MR) is 88.8 cm³/mol. The Morgan fingerprint density at radius 1 is 1.29 bits per heavy atom. The zero-order chi connectivity index (χ0) is 16.9. The number of aromatic nitrogens is 2. The fourth-order valence-corrected chi connectivity index (χ4v) is 2.86. The number of carbonyl (C=O) groups excluding carboxylic acids is 1. The van der Waals surface area contributed by atoms with Gasteiger partial charge in [0.2, 0.25) is 17.6 Å². The van der Waals surface area contributed by atoms with Gasteiger partial charge in [0.1, 0.15) is 5.82 Å². The zero-order valence-electron chi connectivity index (χ0n) is 13.1. The van der Waals surface area contributed by atoms with Crippen molar-refractivity contribution in [3.8, 4) is 10.7 Å². The highest BCUT2D eigenvalue weighted by molar-refractivity contribution is 7.13. The molecule has 0 fully saturated rings. The van der Waals surface area contributed by atoms with Gasteiger partial charge in [0.05, 0.1) is 11.4 Å². The third-order valence-corrected chi connectivity index (χ3v) is 4.41. The molecule has 0 spiro atoms. The molecule has 24 heavy (non-hydrogen) atoms. The molecule has 124 valence electrons. The maximum Gasteiger partial charge on any atom is 0.246 e. The molecule has 2 heterocycles. The van der Waals surface area contributed by atoms with Crippen LogP contribution in [0.2, 0.25) is 0 Å². The van der Waals surface area contributed by atoms with Crippen molar-refractivity contribution in [2.45, 2.75) is 19.4 Å². The number of carbonyl (C=O) groups is 1. The molecule has 2 aromatic heterocycles. The highest BCUT2D eigenvalue weighted by Gasteiger charge is 2.15. The largest absolute Gasteiger partial charge is 0.337 e. The molecule has 0 bridgehead atoms. The molecule has 0 unspecified atom stereocenters. The Bertz CT molecular complexity index is 800. The van der Waals surface area contributed by atoms with E-state index in [0.717, 1.165) is 10.4 Å². The SMILES string of the molecule is CN(Cc1nc(-c2cccs2)no1)C(=O)CCc1ccc(F)cc1. The Labute approximate surface area is 142 Å². The van der Waals surface area contributed by atoms with Gasteiger partial charge in [0, 0.05) is 13.5 Å². The van der Waals surface area contributed by atoms with Gasteiger partial charge in [-0.3, -0.25) is 4.79 Å². The molecule has 1 aromatic carbocycles. The van der Waals surface area contributed by atoms with E-state index >= 15 is 0 Å². The normalized spacial score (nSPS) is 10.8. The molecule has 0 aliphatic heterocycles. The average molecular weight is 345 g/mol. The Kier molecular flexibility index (Phi) is 5.00. The molecule has 0 atom stereocenters. The van der Waals surface area contributed by atoms with Gasteiger partial charge in [-0.15, -0.1) is 11.3 Å². The van der Waals surface area contributed by atoms with Gasteiger partial charge in [0.15, 0.2) is 0 Å². The van der Waals surface area contributed by atoms with Gasteiger partial charge in [-0.25, -0.2) is 4.39 Å². The summed E-state index contributed by atoms with van der Waals surface area (Å²) >= 11 is 1.53. The number of benzene rings is 1. The van der Waals surface area contributed by atoms with E-state index in [0.29, 0.717) is 24.6 Å². The lowest BCUT2D eigenvalue weighted by Gasteiger charge is -2.14. The highest BCUT2D eigenvalue weighted by Crippen LogP contribution is 2.21. The van der Waals surface area contributed by atoms with Crippen molar-refractivity contribution >= 4 is 17.2 Å². The Morgan fingerprint density at radius 3 is 2.79 bits per heavy atom. The first-order valence-electron chi connectivity index (χ1n) is 7.46. The minimum Gasteiger partial charge on any atom is -0.337 e. The number of amides is 1. The number of thiophene rings is 1. The smallest absolute Gasteiger partial charge is 0.246 e. The molecule has 7 heteroatoms. The molecule has 0 aliphatic rings. The fraction of sp³-hybridized carbons (Fsp3) is 0.235. The summed E-state index contributed by atoms with van der Waals surface area (Å²) < 4.78 is 18.1. The van der Waals surface area contributed by atoms with Crippen LogP contribution < -0.4 is 0 Å². The average Bonchev–Trinajstić information content (AvgIpc) is 3.25. The van der Waals surface area contributed by atoms with E-state index in [1.807, 2.05) is 17.5 Å².